The second-order valence-electron chi connectivity index (χ2n) is 10.8. The van der Waals surface area contributed by atoms with Crippen molar-refractivity contribution in [2.75, 3.05) is 19.7 Å². The van der Waals surface area contributed by atoms with E-state index in [0.29, 0.717) is 12.4 Å². The van der Waals surface area contributed by atoms with Crippen molar-refractivity contribution in [2.24, 2.45) is 0 Å². The van der Waals surface area contributed by atoms with E-state index in [-0.39, 0.29) is 35.8 Å². The van der Waals surface area contributed by atoms with E-state index in [1.807, 2.05) is 12.1 Å². The van der Waals surface area contributed by atoms with Crippen molar-refractivity contribution in [1.82, 2.24) is 19.4 Å². The first kappa shape index (κ1) is 27.3. The summed E-state index contributed by atoms with van der Waals surface area (Å²) in [5.74, 6) is -0.637. The molecular weight excluding hydrogens is 530 g/mol. The van der Waals surface area contributed by atoms with Crippen LogP contribution in [0, 0.1) is 11.6 Å². The van der Waals surface area contributed by atoms with Crippen LogP contribution in [0.15, 0.2) is 54.6 Å². The van der Waals surface area contributed by atoms with Gasteiger partial charge in [0.05, 0.1) is 35.3 Å². The highest BCUT2D eigenvalue weighted by atomic mass is 19.1. The Morgan fingerprint density at radius 1 is 1.10 bits per heavy atom. The van der Waals surface area contributed by atoms with Crippen LogP contribution in [0.3, 0.4) is 0 Å². The third-order valence-electron chi connectivity index (χ3n) is 8.21. The minimum Gasteiger partial charge on any atom is -0.478 e. The summed E-state index contributed by atoms with van der Waals surface area (Å²) in [5.41, 5.74) is 3.06. The Morgan fingerprint density at radius 3 is 2.61 bits per heavy atom. The fourth-order valence-electron chi connectivity index (χ4n) is 5.69. The van der Waals surface area contributed by atoms with E-state index in [2.05, 4.69) is 21.4 Å². The van der Waals surface area contributed by atoms with Gasteiger partial charge in [0.25, 0.3) is 0 Å². The molecule has 10 heteroatoms. The Morgan fingerprint density at radius 2 is 1.90 bits per heavy atom. The molecule has 0 aliphatic carbocycles. The maximum atomic E-state index is 14.0. The smallest absolute Gasteiger partial charge is 0.335 e. The van der Waals surface area contributed by atoms with Gasteiger partial charge in [0.1, 0.15) is 24.1 Å². The number of hydrogen-bond acceptors (Lipinski definition) is 6. The summed E-state index contributed by atoms with van der Waals surface area (Å²) in [4.78, 5) is 23.7. The molecule has 2 aromatic carbocycles. The average molecular weight is 563 g/mol. The van der Waals surface area contributed by atoms with Crippen molar-refractivity contribution in [2.45, 2.75) is 57.4 Å². The first-order chi connectivity index (χ1) is 19.9. The summed E-state index contributed by atoms with van der Waals surface area (Å²) in [6.45, 7) is 5.22. The maximum Gasteiger partial charge on any atom is 0.335 e. The van der Waals surface area contributed by atoms with Gasteiger partial charge in [-0.1, -0.05) is 6.07 Å². The number of rotatable bonds is 9. The van der Waals surface area contributed by atoms with Crippen LogP contribution in [0.1, 0.15) is 65.6 Å². The van der Waals surface area contributed by atoms with E-state index in [4.69, 9.17) is 14.5 Å². The minimum absolute atomic E-state index is 0.0284. The third kappa shape index (κ3) is 5.80. The molecule has 0 saturated carbocycles. The Balaban J connectivity index is 1.14. The van der Waals surface area contributed by atoms with Crippen LogP contribution in [0.25, 0.3) is 11.0 Å². The zero-order chi connectivity index (χ0) is 28.5. The molecule has 2 aliphatic rings. The van der Waals surface area contributed by atoms with Crippen molar-refractivity contribution in [3.8, 4) is 5.88 Å². The molecule has 0 amide bonds. The maximum absolute atomic E-state index is 14.0. The summed E-state index contributed by atoms with van der Waals surface area (Å²) in [5, 5.41) is 9.53. The molecule has 0 bridgehead atoms. The van der Waals surface area contributed by atoms with Crippen LogP contribution >= 0.6 is 0 Å². The lowest BCUT2D eigenvalue weighted by atomic mass is 9.92. The van der Waals surface area contributed by atoms with Gasteiger partial charge < -0.3 is 19.1 Å². The molecule has 6 rings (SSSR count). The van der Waals surface area contributed by atoms with E-state index >= 15 is 0 Å². The number of aromatic carboxylic acids is 1. The second kappa shape index (κ2) is 11.5. The van der Waals surface area contributed by atoms with E-state index in [1.165, 1.54) is 12.1 Å². The highest BCUT2D eigenvalue weighted by Crippen LogP contribution is 2.34. The van der Waals surface area contributed by atoms with Gasteiger partial charge in [0.2, 0.25) is 5.88 Å². The summed E-state index contributed by atoms with van der Waals surface area (Å²) in [6.07, 6.45) is 2.90. The number of benzene rings is 2. The summed E-state index contributed by atoms with van der Waals surface area (Å²) >= 11 is 0. The normalized spacial score (nSPS) is 18.8. The zero-order valence-corrected chi connectivity index (χ0v) is 22.8. The first-order valence-electron chi connectivity index (χ1n) is 14.0. The van der Waals surface area contributed by atoms with E-state index in [1.54, 1.807) is 24.3 Å². The summed E-state index contributed by atoms with van der Waals surface area (Å²) in [7, 11) is 0. The van der Waals surface area contributed by atoms with Crippen LogP contribution in [0.4, 0.5) is 8.78 Å². The van der Waals surface area contributed by atoms with Crippen LogP contribution in [0.5, 0.6) is 5.88 Å². The number of carboxylic acids is 1. The van der Waals surface area contributed by atoms with Gasteiger partial charge in [-0.25, -0.2) is 23.5 Å². The molecule has 8 nitrogen and oxygen atoms in total. The van der Waals surface area contributed by atoms with Crippen molar-refractivity contribution in [1.29, 1.82) is 0 Å². The monoisotopic (exact) mass is 562 g/mol. The number of pyridine rings is 1. The fraction of sp³-hybridized carbons (Fsp3) is 0.387. The molecule has 214 valence electrons. The predicted octanol–water partition coefficient (Wildman–Crippen LogP) is 5.72. The topological polar surface area (TPSA) is 89.7 Å². The molecule has 1 unspecified atom stereocenters. The number of piperidine rings is 1. The fourth-order valence-corrected chi connectivity index (χ4v) is 5.69. The average Bonchev–Trinajstić information content (AvgIpc) is 3.32. The van der Waals surface area contributed by atoms with Gasteiger partial charge in [-0.05, 0) is 75.7 Å². The van der Waals surface area contributed by atoms with Gasteiger partial charge in [0.15, 0.2) is 0 Å². The van der Waals surface area contributed by atoms with Gasteiger partial charge in [-0.3, -0.25) is 4.90 Å². The number of hydrogen-bond donors (Lipinski definition) is 1. The van der Waals surface area contributed by atoms with Crippen LogP contribution in [-0.4, -0.2) is 56.3 Å². The number of aromatic nitrogens is 3. The Hall–Kier alpha value is -3.89. The molecule has 4 heterocycles. The van der Waals surface area contributed by atoms with Crippen LogP contribution in [-0.2, 0) is 17.9 Å². The van der Waals surface area contributed by atoms with Crippen molar-refractivity contribution >= 4 is 17.0 Å². The number of carboxylic acid groups (broad SMARTS) is 1. The Labute approximate surface area is 236 Å². The lowest BCUT2D eigenvalue weighted by Gasteiger charge is -2.36. The molecule has 2 saturated heterocycles. The number of nitrogens with zero attached hydrogens (tertiary/aromatic N) is 4. The van der Waals surface area contributed by atoms with Gasteiger partial charge >= 0.3 is 5.97 Å². The van der Waals surface area contributed by atoms with Gasteiger partial charge in [-0.2, -0.15) is 0 Å². The Bertz CT molecular complexity index is 1560. The molecule has 2 fully saturated rings. The van der Waals surface area contributed by atoms with Gasteiger partial charge in [-0.15, -0.1) is 0 Å². The van der Waals surface area contributed by atoms with Gasteiger partial charge in [0, 0.05) is 35.9 Å². The molecule has 41 heavy (non-hydrogen) atoms. The number of halogens is 2. The quantitative estimate of drug-likeness (QED) is 0.279. The molecule has 2 aromatic heterocycles. The van der Waals surface area contributed by atoms with E-state index in [0.717, 1.165) is 67.6 Å². The zero-order valence-electron chi connectivity index (χ0n) is 22.8. The number of fused-ring (bicyclic) bond motifs is 1. The number of imidazole rings is 1. The minimum atomic E-state index is -0.957. The molecule has 4 aromatic rings. The molecule has 2 aliphatic heterocycles. The SMILES string of the molecule is CC(c1nc2ccc(C(=O)O)cc2n1C[C@@H]1CCO1)N1CCC(c2cccc(OCc3ccc(F)cc3F)n2)CC1. The van der Waals surface area contributed by atoms with Crippen molar-refractivity contribution in [3.63, 3.8) is 0 Å². The molecule has 0 spiro atoms. The molecule has 1 N–H and O–H groups in total. The third-order valence-corrected chi connectivity index (χ3v) is 8.21. The lowest BCUT2D eigenvalue weighted by Crippen LogP contribution is -2.37. The number of likely N-dealkylation sites (tertiary alicyclic amines) is 1. The predicted molar refractivity (Wildman–Crippen MR) is 148 cm³/mol. The highest BCUT2D eigenvalue weighted by Gasteiger charge is 2.30. The largest absolute Gasteiger partial charge is 0.478 e. The molecular formula is C31H32F2N4O4. The lowest BCUT2D eigenvalue weighted by molar-refractivity contribution is -0.0594. The van der Waals surface area contributed by atoms with E-state index < -0.39 is 17.6 Å². The van der Waals surface area contributed by atoms with Crippen molar-refractivity contribution < 1.29 is 28.2 Å². The second-order valence-corrected chi connectivity index (χ2v) is 10.8. The van der Waals surface area contributed by atoms with Crippen molar-refractivity contribution in [3.05, 3.63) is 88.9 Å². The number of carbonyl (C=O) groups is 1. The summed E-state index contributed by atoms with van der Waals surface area (Å²) in [6, 6.07) is 14.2. The molecule has 2 atom stereocenters. The highest BCUT2D eigenvalue weighted by molar-refractivity contribution is 5.92. The first-order valence-corrected chi connectivity index (χ1v) is 14.0. The number of ether oxygens (including phenoxy) is 2. The standard InChI is InChI=1S/C31H32F2N4O4/c1-19(30-35-27-8-6-21(31(38)39)15-28(27)37(30)17-24-11-14-40-24)36-12-9-20(10-13-36)26-3-2-4-29(34-26)41-18-22-5-7-23(32)16-25(22)33/h2-8,15-16,19-20,24H,9-14,17-18H2,1H3,(H,38,39)/t19?,24-/m0/s1. The van der Waals surface area contributed by atoms with E-state index in [9.17, 15) is 18.7 Å². The van der Waals surface area contributed by atoms with Crippen LogP contribution < -0.4 is 4.74 Å². The summed E-state index contributed by atoms with van der Waals surface area (Å²) < 4.78 is 40.8. The Kier molecular flexibility index (Phi) is 7.68. The molecule has 0 radical (unpaired) electrons. The van der Waals surface area contributed by atoms with Crippen LogP contribution in [0.2, 0.25) is 0 Å².